The minimum absolute atomic E-state index is 0. The number of carbonyl (C=O) groups is 1. The molecule has 0 spiro atoms. The van der Waals surface area contributed by atoms with Crippen molar-refractivity contribution >= 4 is 18.3 Å². The molecule has 0 radical (unpaired) electrons. The van der Waals surface area contributed by atoms with Gasteiger partial charge in [-0.1, -0.05) is 0 Å². The Balaban J connectivity index is 0.000001000. The van der Waals surface area contributed by atoms with E-state index in [4.69, 9.17) is 11.5 Å². The zero-order valence-corrected chi connectivity index (χ0v) is 6.97. The first-order chi connectivity index (χ1) is 4.53. The molecular formula is C5H11ClN4O. The summed E-state index contributed by atoms with van der Waals surface area (Å²) in [5, 5.41) is 7.39. The summed E-state index contributed by atoms with van der Waals surface area (Å²) in [7, 11) is 0. The molecule has 5 nitrogen and oxygen atoms in total. The van der Waals surface area contributed by atoms with Crippen LogP contribution in [0.5, 0.6) is 0 Å². The third kappa shape index (κ3) is 2.81. The molecule has 64 valence electrons. The highest BCUT2D eigenvalue weighted by Crippen LogP contribution is 2.31. The van der Waals surface area contributed by atoms with E-state index in [1.807, 2.05) is 0 Å². The van der Waals surface area contributed by atoms with Crippen molar-refractivity contribution in [2.75, 3.05) is 0 Å². The molecule has 1 rings (SSSR count). The quantitative estimate of drug-likeness (QED) is 0.626. The zero-order valence-electron chi connectivity index (χ0n) is 6.15. The largest absolute Gasteiger partial charge is 0.368 e. The Kier molecular flexibility index (Phi) is 2.95. The highest BCUT2D eigenvalue weighted by Gasteiger charge is 2.36. The van der Waals surface area contributed by atoms with Gasteiger partial charge in [-0.2, -0.15) is 10.2 Å². The smallest absolute Gasteiger partial charge is 0.234 e. The second-order valence-corrected chi connectivity index (χ2v) is 2.63. The van der Waals surface area contributed by atoms with E-state index in [9.17, 15) is 4.79 Å². The number of nitrogens with two attached hydrogens (primary N) is 2. The van der Waals surface area contributed by atoms with Gasteiger partial charge in [0.1, 0.15) is 0 Å². The Hall–Kier alpha value is -0.680. The van der Waals surface area contributed by atoms with E-state index in [2.05, 4.69) is 10.2 Å². The molecule has 6 heteroatoms. The normalized spacial score (nSPS) is 20.2. The van der Waals surface area contributed by atoms with Gasteiger partial charge in [-0.05, 0) is 6.92 Å². The molecule has 0 aromatic rings. The molecule has 0 saturated heterocycles. The topological polar surface area (TPSA) is 93.8 Å². The Bertz CT molecular complexity index is 187. The maximum Gasteiger partial charge on any atom is 0.234 e. The number of rotatable bonds is 3. The zero-order chi connectivity index (χ0) is 7.78. The fourth-order valence-electron chi connectivity index (χ4n) is 0.684. The maximum absolute atomic E-state index is 10.4. The average Bonchev–Trinajstić information content (AvgIpc) is 2.47. The van der Waals surface area contributed by atoms with Crippen LogP contribution in [0.25, 0.3) is 0 Å². The lowest BCUT2D eigenvalue weighted by Gasteiger charge is -2.07. The first kappa shape index (κ1) is 10.3. The number of amides is 1. The Morgan fingerprint density at radius 3 is 2.36 bits per heavy atom. The predicted octanol–water partition coefficient (Wildman–Crippen LogP) is -0.207. The van der Waals surface area contributed by atoms with E-state index >= 15 is 0 Å². The molecule has 1 amide bonds. The fourth-order valence-corrected chi connectivity index (χ4v) is 0.684. The van der Waals surface area contributed by atoms with Crippen LogP contribution in [0.15, 0.2) is 10.2 Å². The van der Waals surface area contributed by atoms with Crippen LogP contribution >= 0.6 is 12.4 Å². The Labute approximate surface area is 70.6 Å². The summed E-state index contributed by atoms with van der Waals surface area (Å²) in [4.78, 5) is 10.4. The second kappa shape index (κ2) is 3.15. The predicted molar refractivity (Wildman–Crippen MR) is 42.3 cm³/mol. The molecular weight excluding hydrogens is 168 g/mol. The summed E-state index contributed by atoms with van der Waals surface area (Å²) < 4.78 is 0. The SMILES string of the molecule is CC1(C[C@H](N)C(N)=O)N=N1.Cl. The molecule has 1 aliphatic heterocycles. The minimum Gasteiger partial charge on any atom is -0.368 e. The van der Waals surface area contributed by atoms with Crippen molar-refractivity contribution in [3.05, 3.63) is 0 Å². The van der Waals surface area contributed by atoms with Crippen molar-refractivity contribution in [2.45, 2.75) is 25.0 Å². The van der Waals surface area contributed by atoms with Crippen LogP contribution in [0.2, 0.25) is 0 Å². The van der Waals surface area contributed by atoms with E-state index in [1.165, 1.54) is 0 Å². The van der Waals surface area contributed by atoms with Crippen molar-refractivity contribution in [3.8, 4) is 0 Å². The van der Waals surface area contributed by atoms with E-state index < -0.39 is 17.6 Å². The van der Waals surface area contributed by atoms with Crippen LogP contribution in [-0.4, -0.2) is 17.6 Å². The summed E-state index contributed by atoms with van der Waals surface area (Å²) in [6, 6.07) is -0.625. The molecule has 0 unspecified atom stereocenters. The summed E-state index contributed by atoms with van der Waals surface area (Å²) in [5.74, 6) is -0.501. The molecule has 0 bridgehead atoms. The van der Waals surface area contributed by atoms with Crippen LogP contribution in [0.4, 0.5) is 0 Å². The van der Waals surface area contributed by atoms with Gasteiger partial charge in [0, 0.05) is 6.42 Å². The van der Waals surface area contributed by atoms with Gasteiger partial charge in [0.25, 0.3) is 0 Å². The fraction of sp³-hybridized carbons (Fsp3) is 0.800. The third-order valence-corrected chi connectivity index (χ3v) is 1.41. The van der Waals surface area contributed by atoms with Crippen molar-refractivity contribution < 1.29 is 4.79 Å². The minimum atomic E-state index is -0.625. The molecule has 11 heavy (non-hydrogen) atoms. The van der Waals surface area contributed by atoms with Gasteiger partial charge in [0.2, 0.25) is 5.91 Å². The van der Waals surface area contributed by atoms with Crippen LogP contribution < -0.4 is 11.5 Å². The summed E-state index contributed by atoms with van der Waals surface area (Å²) in [5.41, 5.74) is 9.85. The van der Waals surface area contributed by atoms with Gasteiger partial charge in [0.05, 0.1) is 6.04 Å². The number of halogens is 1. The average molecular weight is 179 g/mol. The van der Waals surface area contributed by atoms with Crippen LogP contribution in [0.1, 0.15) is 13.3 Å². The number of primary amides is 1. The van der Waals surface area contributed by atoms with E-state index in [0.29, 0.717) is 6.42 Å². The second-order valence-electron chi connectivity index (χ2n) is 2.63. The standard InChI is InChI=1S/C5H10N4O.ClH/c1-5(8-9-5)2-3(6)4(7)10;/h3H,2,6H2,1H3,(H2,7,10);1H/t3-;/m0./s1. The van der Waals surface area contributed by atoms with Crippen molar-refractivity contribution in [2.24, 2.45) is 21.7 Å². The summed E-state index contributed by atoms with van der Waals surface area (Å²) >= 11 is 0. The first-order valence-electron chi connectivity index (χ1n) is 3.02. The van der Waals surface area contributed by atoms with Crippen molar-refractivity contribution in [1.29, 1.82) is 0 Å². The number of hydrogen-bond acceptors (Lipinski definition) is 4. The van der Waals surface area contributed by atoms with Crippen LogP contribution in [0.3, 0.4) is 0 Å². The molecule has 1 aliphatic rings. The summed E-state index contributed by atoms with van der Waals surface area (Å²) in [6.07, 6.45) is 0.419. The number of nitrogens with zero attached hydrogens (tertiary/aromatic N) is 2. The Morgan fingerprint density at radius 1 is 1.64 bits per heavy atom. The van der Waals surface area contributed by atoms with Crippen LogP contribution in [-0.2, 0) is 4.79 Å². The van der Waals surface area contributed by atoms with E-state index in [0.717, 1.165) is 0 Å². The van der Waals surface area contributed by atoms with Gasteiger partial charge in [-0.25, -0.2) is 0 Å². The molecule has 0 aliphatic carbocycles. The van der Waals surface area contributed by atoms with Crippen molar-refractivity contribution in [1.82, 2.24) is 0 Å². The highest BCUT2D eigenvalue weighted by atomic mass is 35.5. The van der Waals surface area contributed by atoms with Gasteiger partial charge in [-0.15, -0.1) is 12.4 Å². The van der Waals surface area contributed by atoms with Gasteiger partial charge >= 0.3 is 0 Å². The van der Waals surface area contributed by atoms with Gasteiger partial charge in [-0.3, -0.25) is 4.79 Å². The molecule has 1 heterocycles. The van der Waals surface area contributed by atoms with E-state index in [-0.39, 0.29) is 12.4 Å². The number of carbonyl (C=O) groups excluding carboxylic acids is 1. The lowest BCUT2D eigenvalue weighted by Crippen LogP contribution is -2.39. The van der Waals surface area contributed by atoms with Gasteiger partial charge < -0.3 is 11.5 Å². The van der Waals surface area contributed by atoms with Crippen LogP contribution in [0, 0.1) is 0 Å². The molecule has 1 atom stereocenters. The molecule has 0 aromatic carbocycles. The number of hydrogen-bond donors (Lipinski definition) is 2. The molecule has 0 aromatic heterocycles. The molecule has 4 N–H and O–H groups in total. The molecule has 0 saturated carbocycles. The monoisotopic (exact) mass is 178 g/mol. The maximum atomic E-state index is 10.4. The van der Waals surface area contributed by atoms with Crippen molar-refractivity contribution in [3.63, 3.8) is 0 Å². The summed E-state index contributed by atoms with van der Waals surface area (Å²) in [6.45, 7) is 1.80. The Morgan fingerprint density at radius 2 is 2.09 bits per heavy atom. The van der Waals surface area contributed by atoms with Gasteiger partial charge in [0.15, 0.2) is 5.66 Å². The van der Waals surface area contributed by atoms with E-state index in [1.54, 1.807) is 6.92 Å². The third-order valence-electron chi connectivity index (χ3n) is 1.41. The first-order valence-corrected chi connectivity index (χ1v) is 3.02. The lowest BCUT2D eigenvalue weighted by molar-refractivity contribution is -0.119. The highest BCUT2D eigenvalue weighted by molar-refractivity contribution is 5.85. The lowest BCUT2D eigenvalue weighted by atomic mass is 10.1. The molecule has 0 fully saturated rings.